The van der Waals surface area contributed by atoms with E-state index in [1.54, 1.807) is 13.1 Å². The minimum atomic E-state index is -0.608. The Hall–Kier alpha value is -3.58. The molecule has 2 aromatic carbocycles. The Morgan fingerprint density at radius 2 is 1.66 bits per heavy atom. The highest BCUT2D eigenvalue weighted by atomic mass is 16.5. The second kappa shape index (κ2) is 7.24. The number of hydrogen-bond acceptors (Lipinski definition) is 4. The highest BCUT2D eigenvalue weighted by Gasteiger charge is 2.34. The number of hydrogen-bond donors (Lipinski definition) is 1. The number of ether oxygens (including phenoxy) is 1. The van der Waals surface area contributed by atoms with Crippen LogP contribution >= 0.6 is 0 Å². The topological polar surface area (TPSA) is 78.4 Å². The number of nitrogens with zero attached hydrogens (tertiary/aromatic N) is 3. The quantitative estimate of drug-likeness (QED) is 0.529. The average Bonchev–Trinajstić information content (AvgIpc) is 3.12. The molecular weight excluding hydrogens is 406 g/mol. The van der Waals surface area contributed by atoms with Crippen LogP contribution in [0.1, 0.15) is 28.5 Å². The predicted octanol–water partition coefficient (Wildman–Crippen LogP) is 3.15. The van der Waals surface area contributed by atoms with Crippen molar-refractivity contribution in [3.63, 3.8) is 0 Å². The van der Waals surface area contributed by atoms with Gasteiger partial charge in [0.05, 0.1) is 28.9 Å². The summed E-state index contributed by atoms with van der Waals surface area (Å²) in [6.07, 6.45) is -0.608. The fraction of sp³-hybridized carbons (Fsp3) is 0.280. The Kier molecular flexibility index (Phi) is 4.60. The van der Waals surface area contributed by atoms with Crippen molar-refractivity contribution in [1.82, 2.24) is 13.7 Å². The van der Waals surface area contributed by atoms with Gasteiger partial charge in [-0.25, -0.2) is 4.79 Å². The van der Waals surface area contributed by atoms with Crippen LogP contribution in [0.2, 0.25) is 0 Å². The third-order valence-electron chi connectivity index (χ3n) is 6.35. The summed E-state index contributed by atoms with van der Waals surface area (Å²) in [5.74, 6) is 0.128. The van der Waals surface area contributed by atoms with Crippen molar-refractivity contribution in [1.29, 1.82) is 0 Å². The van der Waals surface area contributed by atoms with E-state index in [0.29, 0.717) is 35.3 Å². The van der Waals surface area contributed by atoms with E-state index >= 15 is 0 Å². The number of phenolic OH excluding ortho intramolecular Hbond substituents is 1. The molecule has 0 aliphatic carbocycles. The first-order valence-corrected chi connectivity index (χ1v) is 10.6. The van der Waals surface area contributed by atoms with E-state index in [-0.39, 0.29) is 11.3 Å². The van der Waals surface area contributed by atoms with Gasteiger partial charge in [-0.15, -0.1) is 0 Å². The molecule has 4 aromatic rings. The Labute approximate surface area is 184 Å². The van der Waals surface area contributed by atoms with Gasteiger partial charge in [0.15, 0.2) is 0 Å². The number of benzene rings is 2. The summed E-state index contributed by atoms with van der Waals surface area (Å²) in [6, 6.07) is 13.5. The minimum absolute atomic E-state index is 0.128. The Morgan fingerprint density at radius 1 is 0.969 bits per heavy atom. The van der Waals surface area contributed by atoms with Crippen LogP contribution in [-0.4, -0.2) is 25.4 Å². The van der Waals surface area contributed by atoms with Crippen LogP contribution in [0.25, 0.3) is 22.2 Å². The smallest absolute Gasteiger partial charge is 0.331 e. The van der Waals surface area contributed by atoms with E-state index < -0.39 is 11.8 Å². The second-order valence-corrected chi connectivity index (χ2v) is 8.49. The Balaban J connectivity index is 1.94. The molecule has 7 heteroatoms. The van der Waals surface area contributed by atoms with E-state index in [9.17, 15) is 14.7 Å². The molecule has 0 saturated heterocycles. The lowest BCUT2D eigenvalue weighted by atomic mass is 10.0. The van der Waals surface area contributed by atoms with Crippen molar-refractivity contribution >= 4 is 10.9 Å². The Bertz CT molecular complexity index is 1490. The number of aromatic nitrogens is 3. The molecule has 32 heavy (non-hydrogen) atoms. The molecule has 1 aliphatic rings. The zero-order valence-electron chi connectivity index (χ0n) is 18.5. The number of aromatic hydroxyl groups is 1. The fourth-order valence-corrected chi connectivity index (χ4v) is 4.70. The van der Waals surface area contributed by atoms with E-state index in [1.807, 2.05) is 50.2 Å². The van der Waals surface area contributed by atoms with Gasteiger partial charge in [-0.1, -0.05) is 42.0 Å². The van der Waals surface area contributed by atoms with E-state index in [4.69, 9.17) is 4.74 Å². The second-order valence-electron chi connectivity index (χ2n) is 8.49. The number of aryl methyl sites for hydroxylation is 3. The van der Waals surface area contributed by atoms with Crippen LogP contribution in [-0.2, 0) is 25.4 Å². The van der Waals surface area contributed by atoms with Crippen LogP contribution in [0.3, 0.4) is 0 Å². The first-order valence-electron chi connectivity index (χ1n) is 10.6. The van der Waals surface area contributed by atoms with Crippen molar-refractivity contribution in [2.45, 2.75) is 26.5 Å². The van der Waals surface area contributed by atoms with E-state index in [1.165, 1.54) is 11.6 Å². The van der Waals surface area contributed by atoms with Gasteiger partial charge in [0, 0.05) is 26.2 Å². The summed E-state index contributed by atoms with van der Waals surface area (Å²) in [4.78, 5) is 26.2. The first kappa shape index (κ1) is 20.3. The Morgan fingerprint density at radius 3 is 2.34 bits per heavy atom. The first-order chi connectivity index (χ1) is 15.3. The minimum Gasteiger partial charge on any atom is -0.508 e. The van der Waals surface area contributed by atoms with Crippen molar-refractivity contribution in [3.8, 4) is 17.0 Å². The molecule has 0 radical (unpaired) electrons. The molecule has 1 atom stereocenters. The standard InChI is InChI=1S/C25H25N3O4/c1-14-5-8-16(9-6-14)20-19-21(26(3)25(31)27(4)24(19)30)22-23(32-12-11-28(20)22)17-10-7-15(2)13-18(17)29/h5-10,13,23,29H,11-12H2,1-4H3. The van der Waals surface area contributed by atoms with Crippen LogP contribution in [0, 0.1) is 13.8 Å². The lowest BCUT2D eigenvalue weighted by Crippen LogP contribution is -2.37. The van der Waals surface area contributed by atoms with Crippen molar-refractivity contribution in [2.24, 2.45) is 14.1 Å². The summed E-state index contributed by atoms with van der Waals surface area (Å²) in [5.41, 5.74) is 4.84. The van der Waals surface area contributed by atoms with Gasteiger partial charge < -0.3 is 14.4 Å². The molecule has 164 valence electrons. The van der Waals surface area contributed by atoms with Crippen LogP contribution < -0.4 is 11.2 Å². The summed E-state index contributed by atoms with van der Waals surface area (Å²) >= 11 is 0. The monoisotopic (exact) mass is 431 g/mol. The van der Waals surface area contributed by atoms with Gasteiger partial charge >= 0.3 is 5.69 Å². The molecule has 5 rings (SSSR count). The normalized spacial score (nSPS) is 15.8. The predicted molar refractivity (Wildman–Crippen MR) is 123 cm³/mol. The molecule has 1 unspecified atom stereocenters. The zero-order chi connectivity index (χ0) is 22.7. The van der Waals surface area contributed by atoms with E-state index in [0.717, 1.165) is 27.0 Å². The van der Waals surface area contributed by atoms with Crippen LogP contribution in [0.5, 0.6) is 5.75 Å². The zero-order valence-corrected chi connectivity index (χ0v) is 18.5. The fourth-order valence-electron chi connectivity index (χ4n) is 4.70. The number of fused-ring (bicyclic) bond motifs is 3. The maximum atomic E-state index is 13.4. The highest BCUT2D eigenvalue weighted by molar-refractivity contribution is 5.96. The highest BCUT2D eigenvalue weighted by Crippen LogP contribution is 2.42. The van der Waals surface area contributed by atoms with E-state index in [2.05, 4.69) is 4.57 Å². The molecule has 1 N–H and O–H groups in total. The third-order valence-corrected chi connectivity index (χ3v) is 6.35. The molecule has 0 bridgehead atoms. The van der Waals surface area contributed by atoms with Crippen LogP contribution in [0.4, 0.5) is 0 Å². The van der Waals surface area contributed by atoms with Gasteiger partial charge in [0.25, 0.3) is 5.56 Å². The molecule has 0 saturated carbocycles. The largest absolute Gasteiger partial charge is 0.508 e. The maximum absolute atomic E-state index is 13.4. The average molecular weight is 431 g/mol. The summed E-state index contributed by atoms with van der Waals surface area (Å²) in [5, 5.41) is 11.2. The van der Waals surface area contributed by atoms with Crippen LogP contribution in [0.15, 0.2) is 52.1 Å². The SMILES string of the molecule is Cc1ccc(-c2c3c(=O)n(C)c(=O)n(C)c3c3n2CCOC3c2ccc(C)cc2O)cc1. The van der Waals surface area contributed by atoms with Gasteiger partial charge in [-0.2, -0.15) is 0 Å². The summed E-state index contributed by atoms with van der Waals surface area (Å²) < 4.78 is 10.9. The van der Waals surface area contributed by atoms with Crippen molar-refractivity contribution in [3.05, 3.63) is 85.7 Å². The van der Waals surface area contributed by atoms with Gasteiger partial charge in [0.2, 0.25) is 0 Å². The number of phenols is 1. The lowest BCUT2D eigenvalue weighted by molar-refractivity contribution is 0.0464. The number of rotatable bonds is 2. The lowest BCUT2D eigenvalue weighted by Gasteiger charge is -2.28. The molecule has 3 heterocycles. The molecule has 7 nitrogen and oxygen atoms in total. The van der Waals surface area contributed by atoms with Gasteiger partial charge in [0.1, 0.15) is 11.9 Å². The summed E-state index contributed by atoms with van der Waals surface area (Å²) in [7, 11) is 3.17. The maximum Gasteiger partial charge on any atom is 0.331 e. The molecular formula is C25H25N3O4. The molecule has 0 fully saturated rings. The molecule has 2 aromatic heterocycles. The third kappa shape index (κ3) is 2.85. The molecule has 0 spiro atoms. The molecule has 0 amide bonds. The van der Waals surface area contributed by atoms with Gasteiger partial charge in [-0.3, -0.25) is 13.9 Å². The molecule has 1 aliphatic heterocycles. The van der Waals surface area contributed by atoms with Gasteiger partial charge in [-0.05, 0) is 31.0 Å². The summed E-state index contributed by atoms with van der Waals surface area (Å²) in [6.45, 7) is 4.88. The van der Waals surface area contributed by atoms with Crippen molar-refractivity contribution in [2.75, 3.05) is 6.61 Å². The van der Waals surface area contributed by atoms with Crippen molar-refractivity contribution < 1.29 is 9.84 Å².